The van der Waals surface area contributed by atoms with Crippen LogP contribution in [0.5, 0.6) is 0 Å². The highest BCUT2D eigenvalue weighted by Crippen LogP contribution is 2.12. The van der Waals surface area contributed by atoms with Crippen LogP contribution >= 0.6 is 0 Å². The third kappa shape index (κ3) is 5.03. The first kappa shape index (κ1) is 15.7. The van der Waals surface area contributed by atoms with E-state index in [4.69, 9.17) is 5.11 Å². The zero-order valence-electron chi connectivity index (χ0n) is 10.3. The smallest absolute Gasteiger partial charge is 0.329 e. The highest BCUT2D eigenvalue weighted by atomic mass is 32.2. The molecule has 0 aliphatic rings. The molecule has 0 rings (SSSR count). The largest absolute Gasteiger partial charge is 0.480 e. The van der Waals surface area contributed by atoms with Gasteiger partial charge in [0.05, 0.1) is 5.75 Å². The number of hydrogen-bond acceptors (Lipinski definition) is 4. The number of likely N-dealkylation sites (N-methyl/N-ethyl adjacent to an activating group) is 1. The van der Waals surface area contributed by atoms with E-state index >= 15 is 0 Å². The predicted molar refractivity (Wildman–Crippen MR) is 62.6 cm³/mol. The molecule has 0 heterocycles. The van der Waals surface area contributed by atoms with Gasteiger partial charge in [0.15, 0.2) is 0 Å². The van der Waals surface area contributed by atoms with E-state index in [9.17, 15) is 18.0 Å². The van der Waals surface area contributed by atoms with Crippen molar-refractivity contribution in [2.75, 3.05) is 25.6 Å². The number of nitrogens with one attached hydrogen (secondary N) is 1. The molecule has 0 aromatic rings. The molecular formula is C9H18N2O5S. The number of aliphatic carboxylic acids is 1. The number of sulfone groups is 1. The fourth-order valence-corrected chi connectivity index (χ4v) is 1.33. The van der Waals surface area contributed by atoms with Gasteiger partial charge in [-0.15, -0.1) is 0 Å². The Kier molecular flexibility index (Phi) is 4.94. The van der Waals surface area contributed by atoms with Crippen LogP contribution in [-0.2, 0) is 14.6 Å². The van der Waals surface area contributed by atoms with Gasteiger partial charge in [0.1, 0.15) is 15.4 Å². The Labute approximate surface area is 101 Å². The molecule has 0 aliphatic heterocycles. The standard InChI is InChI=1S/C9H18N2O5S/c1-9(2,7(12)13)11(3)8(14)10-5-6-17(4,15)16/h5-6H2,1-4H3,(H,10,14)(H,12,13). The van der Waals surface area contributed by atoms with Crippen LogP contribution in [0.4, 0.5) is 4.79 Å². The lowest BCUT2D eigenvalue weighted by atomic mass is 10.1. The van der Waals surface area contributed by atoms with Crippen molar-refractivity contribution in [3.8, 4) is 0 Å². The second kappa shape index (κ2) is 5.35. The van der Waals surface area contributed by atoms with E-state index in [1.54, 1.807) is 0 Å². The van der Waals surface area contributed by atoms with E-state index in [0.29, 0.717) is 0 Å². The van der Waals surface area contributed by atoms with Crippen LogP contribution in [0.1, 0.15) is 13.8 Å². The summed E-state index contributed by atoms with van der Waals surface area (Å²) in [5.74, 6) is -1.32. The molecule has 0 bridgehead atoms. The summed E-state index contributed by atoms with van der Waals surface area (Å²) < 4.78 is 21.7. The number of carboxylic acids is 1. The number of carbonyl (C=O) groups excluding carboxylic acids is 1. The summed E-state index contributed by atoms with van der Waals surface area (Å²) in [6.45, 7) is 2.72. The lowest BCUT2D eigenvalue weighted by Gasteiger charge is -2.31. The van der Waals surface area contributed by atoms with Gasteiger partial charge in [0.2, 0.25) is 0 Å². The van der Waals surface area contributed by atoms with Crippen LogP contribution in [-0.4, -0.2) is 61.6 Å². The quantitative estimate of drug-likeness (QED) is 0.700. The van der Waals surface area contributed by atoms with Gasteiger partial charge in [-0.3, -0.25) is 0 Å². The SMILES string of the molecule is CN(C(=O)NCCS(C)(=O)=O)C(C)(C)C(=O)O. The molecule has 0 aromatic heterocycles. The summed E-state index contributed by atoms with van der Waals surface area (Å²) >= 11 is 0. The monoisotopic (exact) mass is 266 g/mol. The average molecular weight is 266 g/mol. The third-order valence-corrected chi connectivity index (χ3v) is 3.36. The number of urea groups is 1. The Morgan fingerprint density at radius 3 is 2.18 bits per heavy atom. The molecule has 17 heavy (non-hydrogen) atoms. The van der Waals surface area contributed by atoms with Crippen molar-refractivity contribution >= 4 is 21.8 Å². The molecular weight excluding hydrogens is 248 g/mol. The molecule has 0 aromatic carbocycles. The molecule has 100 valence electrons. The summed E-state index contributed by atoms with van der Waals surface area (Å²) in [5.41, 5.74) is -1.35. The molecule has 2 N–H and O–H groups in total. The van der Waals surface area contributed by atoms with Crippen molar-refractivity contribution in [3.05, 3.63) is 0 Å². The molecule has 0 aliphatic carbocycles. The first-order chi connectivity index (χ1) is 7.48. The molecule has 0 fully saturated rings. The fraction of sp³-hybridized carbons (Fsp3) is 0.778. The summed E-state index contributed by atoms with van der Waals surface area (Å²) in [6.07, 6.45) is 1.06. The summed E-state index contributed by atoms with van der Waals surface area (Å²) in [4.78, 5) is 23.4. The van der Waals surface area contributed by atoms with Gasteiger partial charge in [-0.2, -0.15) is 0 Å². The van der Waals surface area contributed by atoms with Crippen molar-refractivity contribution < 1.29 is 23.1 Å². The van der Waals surface area contributed by atoms with E-state index in [0.717, 1.165) is 11.2 Å². The molecule has 0 spiro atoms. The lowest BCUT2D eigenvalue weighted by molar-refractivity contribution is -0.146. The van der Waals surface area contributed by atoms with E-state index in [2.05, 4.69) is 5.32 Å². The van der Waals surface area contributed by atoms with Gasteiger partial charge >= 0.3 is 12.0 Å². The summed E-state index contributed by atoms with van der Waals surface area (Å²) in [6, 6.07) is -0.624. The average Bonchev–Trinajstić information content (AvgIpc) is 2.13. The minimum absolute atomic E-state index is 0.0439. The van der Waals surface area contributed by atoms with Gasteiger partial charge in [-0.05, 0) is 13.8 Å². The number of hydrogen-bond donors (Lipinski definition) is 2. The molecule has 0 saturated carbocycles. The van der Waals surface area contributed by atoms with Gasteiger partial charge in [-0.25, -0.2) is 18.0 Å². The van der Waals surface area contributed by atoms with Crippen molar-refractivity contribution in [2.24, 2.45) is 0 Å². The van der Waals surface area contributed by atoms with Crippen LogP contribution in [0.25, 0.3) is 0 Å². The Bertz CT molecular complexity index is 402. The van der Waals surface area contributed by atoms with Gasteiger partial charge in [0, 0.05) is 19.8 Å². The summed E-state index contributed by atoms with van der Waals surface area (Å²) in [7, 11) is -1.81. The second-order valence-corrected chi connectivity index (χ2v) is 6.54. The predicted octanol–water partition coefficient (Wildman–Crippen LogP) is -0.464. The molecule has 8 heteroatoms. The minimum Gasteiger partial charge on any atom is -0.480 e. The van der Waals surface area contributed by atoms with Gasteiger partial charge in [0.25, 0.3) is 0 Å². The maximum atomic E-state index is 11.5. The number of rotatable bonds is 5. The van der Waals surface area contributed by atoms with Crippen molar-refractivity contribution in [2.45, 2.75) is 19.4 Å². The van der Waals surface area contributed by atoms with Crippen LogP contribution < -0.4 is 5.32 Å². The van der Waals surface area contributed by atoms with E-state index < -0.39 is 27.4 Å². The normalized spacial score (nSPS) is 12.0. The highest BCUT2D eigenvalue weighted by molar-refractivity contribution is 7.90. The minimum atomic E-state index is -3.15. The van der Waals surface area contributed by atoms with E-state index in [-0.39, 0.29) is 12.3 Å². The van der Waals surface area contributed by atoms with Crippen molar-refractivity contribution in [3.63, 3.8) is 0 Å². The van der Waals surface area contributed by atoms with Crippen LogP contribution in [0.15, 0.2) is 0 Å². The highest BCUT2D eigenvalue weighted by Gasteiger charge is 2.35. The number of amides is 2. The molecule has 0 atom stereocenters. The summed E-state index contributed by atoms with van der Waals surface area (Å²) in [5, 5.41) is 11.2. The van der Waals surface area contributed by atoms with Crippen molar-refractivity contribution in [1.29, 1.82) is 0 Å². The molecule has 0 radical (unpaired) electrons. The van der Waals surface area contributed by atoms with Crippen LogP contribution in [0.2, 0.25) is 0 Å². The Morgan fingerprint density at radius 1 is 1.35 bits per heavy atom. The third-order valence-electron chi connectivity index (χ3n) is 2.42. The van der Waals surface area contributed by atoms with Crippen LogP contribution in [0, 0.1) is 0 Å². The van der Waals surface area contributed by atoms with Gasteiger partial charge < -0.3 is 15.3 Å². The van der Waals surface area contributed by atoms with Crippen LogP contribution in [0.3, 0.4) is 0 Å². The first-order valence-electron chi connectivity index (χ1n) is 4.91. The first-order valence-corrected chi connectivity index (χ1v) is 6.97. The fourth-order valence-electron chi connectivity index (χ4n) is 0.859. The number of carboxylic acid groups (broad SMARTS) is 1. The Hall–Kier alpha value is -1.31. The van der Waals surface area contributed by atoms with E-state index in [1.165, 1.54) is 20.9 Å². The molecule has 0 saturated heterocycles. The van der Waals surface area contributed by atoms with E-state index in [1.807, 2.05) is 0 Å². The molecule has 2 amide bonds. The maximum Gasteiger partial charge on any atom is 0.329 e. The second-order valence-electron chi connectivity index (χ2n) is 4.28. The number of nitrogens with zero attached hydrogens (tertiary/aromatic N) is 1. The number of carbonyl (C=O) groups is 2. The molecule has 7 nitrogen and oxygen atoms in total. The topological polar surface area (TPSA) is 104 Å². The Balaban J connectivity index is 4.39. The van der Waals surface area contributed by atoms with Crippen molar-refractivity contribution in [1.82, 2.24) is 10.2 Å². The Morgan fingerprint density at radius 2 is 1.82 bits per heavy atom. The van der Waals surface area contributed by atoms with Gasteiger partial charge in [-0.1, -0.05) is 0 Å². The maximum absolute atomic E-state index is 11.5. The molecule has 0 unspecified atom stereocenters. The zero-order chi connectivity index (χ0) is 13.9. The zero-order valence-corrected chi connectivity index (χ0v) is 11.2. The lowest BCUT2D eigenvalue weighted by Crippen LogP contribution is -2.54.